The minimum Gasteiger partial charge on any atom is -1.00 e. The van der Waals surface area contributed by atoms with Gasteiger partial charge in [0.1, 0.15) is 5.75 Å². The molecule has 0 radical (unpaired) electrons. The average molecular weight is 308 g/mol. The first-order chi connectivity index (χ1) is 8.58. The van der Waals surface area contributed by atoms with E-state index in [-0.39, 0.29) is 25.0 Å². The van der Waals surface area contributed by atoms with E-state index in [2.05, 4.69) is 14.1 Å². The van der Waals surface area contributed by atoms with Crippen LogP contribution in [0.4, 0.5) is 0 Å². The number of rotatable bonds is 7. The molecule has 4 nitrogen and oxygen atoms in total. The molecule has 1 N–H and O–H groups in total. The fourth-order valence-electron chi connectivity index (χ4n) is 1.33. The first-order valence-corrected chi connectivity index (χ1v) is 6.29. The van der Waals surface area contributed by atoms with E-state index >= 15 is 0 Å². The first-order valence-electron chi connectivity index (χ1n) is 5.91. The largest absolute Gasteiger partial charge is 1.00 e. The van der Waals surface area contributed by atoms with Gasteiger partial charge in [-0.1, -0.05) is 11.6 Å². The minimum atomic E-state index is -0.348. The number of esters is 1. The molecule has 6 heteroatoms. The van der Waals surface area contributed by atoms with Crippen molar-refractivity contribution in [3.05, 3.63) is 29.3 Å². The summed E-state index contributed by atoms with van der Waals surface area (Å²) in [7, 11) is 4.12. The third kappa shape index (κ3) is 8.70. The van der Waals surface area contributed by atoms with Gasteiger partial charge in [0.2, 0.25) is 0 Å². The zero-order chi connectivity index (χ0) is 13.4. The van der Waals surface area contributed by atoms with Crippen molar-refractivity contribution >= 4 is 17.6 Å². The molecule has 1 aromatic carbocycles. The summed E-state index contributed by atoms with van der Waals surface area (Å²) in [5, 5.41) is 0.635. The lowest BCUT2D eigenvalue weighted by molar-refractivity contribution is -0.858. The predicted molar refractivity (Wildman–Crippen MR) is 70.2 cm³/mol. The van der Waals surface area contributed by atoms with E-state index in [1.165, 1.54) is 4.90 Å². The van der Waals surface area contributed by atoms with E-state index in [4.69, 9.17) is 21.1 Å². The van der Waals surface area contributed by atoms with Crippen molar-refractivity contribution in [2.24, 2.45) is 0 Å². The fraction of sp³-hybridized carbons (Fsp3) is 0.462. The molecule has 0 aliphatic rings. The Morgan fingerprint density at radius 1 is 1.26 bits per heavy atom. The summed E-state index contributed by atoms with van der Waals surface area (Å²) in [6.07, 6.45) is 0.856. The predicted octanol–water partition coefficient (Wildman–Crippen LogP) is -2.20. The van der Waals surface area contributed by atoms with Crippen molar-refractivity contribution in [3.8, 4) is 5.75 Å². The Hall–Kier alpha value is -0.970. The lowest BCUT2D eigenvalue weighted by atomic mass is 10.3. The van der Waals surface area contributed by atoms with Gasteiger partial charge in [-0.3, -0.25) is 0 Å². The molecule has 1 rings (SSSR count). The third-order valence-corrected chi connectivity index (χ3v) is 2.51. The van der Waals surface area contributed by atoms with Crippen molar-refractivity contribution in [2.45, 2.75) is 6.42 Å². The zero-order valence-corrected chi connectivity index (χ0v) is 12.6. The molecule has 0 aromatic heterocycles. The number of carbonyl (C=O) groups is 1. The summed E-state index contributed by atoms with van der Waals surface area (Å²) < 4.78 is 10.3. The number of carbonyl (C=O) groups excluding carboxylic acids is 1. The summed E-state index contributed by atoms with van der Waals surface area (Å²) in [5.74, 6) is 0.257. The molecule has 1 aromatic rings. The molecule has 0 aliphatic carbocycles. The van der Waals surface area contributed by atoms with Crippen LogP contribution in [0.15, 0.2) is 24.3 Å². The second-order valence-electron chi connectivity index (χ2n) is 4.27. The van der Waals surface area contributed by atoms with Gasteiger partial charge in [-0.2, -0.15) is 0 Å². The maximum atomic E-state index is 11.3. The second-order valence-corrected chi connectivity index (χ2v) is 4.71. The topological polar surface area (TPSA) is 40.0 Å². The Bertz CT molecular complexity index is 369. The molecule has 0 atom stereocenters. The van der Waals surface area contributed by atoms with Crippen LogP contribution in [-0.4, -0.2) is 39.8 Å². The van der Waals surface area contributed by atoms with E-state index in [1.54, 1.807) is 24.3 Å². The zero-order valence-electron chi connectivity index (χ0n) is 11.1. The molecule has 0 fully saturated rings. The molecule has 0 heterocycles. The Morgan fingerprint density at radius 2 is 1.89 bits per heavy atom. The lowest BCUT2D eigenvalue weighted by Gasteiger charge is -2.08. The van der Waals surface area contributed by atoms with Crippen LogP contribution in [0.1, 0.15) is 6.42 Å². The molecule has 0 saturated heterocycles. The normalized spacial score (nSPS) is 9.89. The Kier molecular flexibility index (Phi) is 9.39. The number of hydrogen-bond donors (Lipinski definition) is 1. The summed E-state index contributed by atoms with van der Waals surface area (Å²) >= 11 is 5.74. The summed E-state index contributed by atoms with van der Waals surface area (Å²) in [4.78, 5) is 12.7. The standard InChI is InChI=1S/C13H18ClNO3.ClH/c1-15(2)8-3-9-17-13(16)10-18-12-6-4-11(14)5-7-12;/h4-7H,3,8-10H2,1-2H3;1H. The van der Waals surface area contributed by atoms with Crippen LogP contribution in [0.2, 0.25) is 5.02 Å². The SMILES string of the molecule is C[NH+](C)CCCOC(=O)COc1ccc(Cl)cc1.[Cl-]. The van der Waals surface area contributed by atoms with Gasteiger partial charge in [-0.15, -0.1) is 0 Å². The van der Waals surface area contributed by atoms with Crippen molar-refractivity contribution in [1.29, 1.82) is 0 Å². The van der Waals surface area contributed by atoms with Gasteiger partial charge < -0.3 is 26.8 Å². The van der Waals surface area contributed by atoms with E-state index in [9.17, 15) is 4.79 Å². The van der Waals surface area contributed by atoms with Crippen LogP contribution in [0, 0.1) is 0 Å². The van der Waals surface area contributed by atoms with E-state index in [1.807, 2.05) is 0 Å². The van der Waals surface area contributed by atoms with Crippen LogP contribution in [0.25, 0.3) is 0 Å². The van der Waals surface area contributed by atoms with Crippen molar-refractivity contribution in [3.63, 3.8) is 0 Å². The highest BCUT2D eigenvalue weighted by molar-refractivity contribution is 6.30. The van der Waals surface area contributed by atoms with Gasteiger partial charge in [0.05, 0.1) is 27.2 Å². The van der Waals surface area contributed by atoms with Crippen molar-refractivity contribution in [2.75, 3.05) is 33.9 Å². The maximum absolute atomic E-state index is 11.3. The molecule has 0 spiro atoms. The molecular formula is C13H19Cl2NO3. The van der Waals surface area contributed by atoms with E-state index in [0.717, 1.165) is 13.0 Å². The first kappa shape index (κ1) is 18.0. The molecule has 108 valence electrons. The van der Waals surface area contributed by atoms with Gasteiger partial charge in [0.25, 0.3) is 0 Å². The molecule has 19 heavy (non-hydrogen) atoms. The van der Waals surface area contributed by atoms with Gasteiger partial charge in [0, 0.05) is 11.4 Å². The van der Waals surface area contributed by atoms with Crippen LogP contribution >= 0.6 is 11.6 Å². The molecule has 0 unspecified atom stereocenters. The average Bonchev–Trinajstić information content (AvgIpc) is 2.34. The molecule has 0 saturated carbocycles. The highest BCUT2D eigenvalue weighted by atomic mass is 35.5. The van der Waals surface area contributed by atoms with E-state index in [0.29, 0.717) is 17.4 Å². The third-order valence-electron chi connectivity index (χ3n) is 2.25. The van der Waals surface area contributed by atoms with Crippen molar-refractivity contribution < 1.29 is 31.6 Å². The second kappa shape index (κ2) is 9.89. The highest BCUT2D eigenvalue weighted by Crippen LogP contribution is 2.15. The van der Waals surface area contributed by atoms with E-state index < -0.39 is 0 Å². The monoisotopic (exact) mass is 307 g/mol. The van der Waals surface area contributed by atoms with Gasteiger partial charge >= 0.3 is 5.97 Å². The summed E-state index contributed by atoms with van der Waals surface area (Å²) in [6, 6.07) is 6.85. The summed E-state index contributed by atoms with van der Waals surface area (Å²) in [6.45, 7) is 1.34. The molecule has 0 amide bonds. The smallest absolute Gasteiger partial charge is 0.344 e. The van der Waals surface area contributed by atoms with Crippen LogP contribution in [0.5, 0.6) is 5.75 Å². The van der Waals surface area contributed by atoms with Gasteiger partial charge in [-0.25, -0.2) is 4.79 Å². The number of nitrogens with one attached hydrogen (secondary N) is 1. The number of benzene rings is 1. The summed E-state index contributed by atoms with van der Waals surface area (Å²) in [5.41, 5.74) is 0. The Balaban J connectivity index is 0.00000324. The fourth-order valence-corrected chi connectivity index (χ4v) is 1.45. The van der Waals surface area contributed by atoms with Crippen molar-refractivity contribution in [1.82, 2.24) is 0 Å². The molecular weight excluding hydrogens is 289 g/mol. The number of ether oxygens (including phenoxy) is 2. The quantitative estimate of drug-likeness (QED) is 0.459. The Labute approximate surface area is 125 Å². The highest BCUT2D eigenvalue weighted by Gasteiger charge is 2.04. The molecule has 0 bridgehead atoms. The minimum absolute atomic E-state index is 0. The Morgan fingerprint density at radius 3 is 2.47 bits per heavy atom. The van der Waals surface area contributed by atoms with Gasteiger partial charge in [0.15, 0.2) is 6.61 Å². The van der Waals surface area contributed by atoms with Crippen LogP contribution in [0.3, 0.4) is 0 Å². The number of quaternary nitrogens is 1. The van der Waals surface area contributed by atoms with Crippen LogP contribution < -0.4 is 22.0 Å². The number of halogens is 2. The maximum Gasteiger partial charge on any atom is 0.344 e. The molecule has 0 aliphatic heterocycles. The van der Waals surface area contributed by atoms with Gasteiger partial charge in [-0.05, 0) is 24.3 Å². The number of hydrogen-bond acceptors (Lipinski definition) is 3. The lowest BCUT2D eigenvalue weighted by Crippen LogP contribution is -3.05. The van der Waals surface area contributed by atoms with Crippen LogP contribution in [-0.2, 0) is 9.53 Å².